The summed E-state index contributed by atoms with van der Waals surface area (Å²) >= 11 is 0. The Morgan fingerprint density at radius 3 is 2.42 bits per heavy atom. The molecule has 1 saturated carbocycles. The van der Waals surface area contributed by atoms with Crippen LogP contribution in [0.25, 0.3) is 0 Å². The molecule has 0 saturated heterocycles. The standard InChI is InChI=1S/C13H15FN2O3/c14-9-3-1-8(2-4-9)13(5-6-13)12(19)16-7-10(17)11(15)18/h1-4,10,17H,5-7H2,(H2,15,18)(H,16,19). The molecule has 4 N–H and O–H groups in total. The maximum Gasteiger partial charge on any atom is 0.248 e. The summed E-state index contributed by atoms with van der Waals surface area (Å²) in [6, 6.07) is 5.76. The summed E-state index contributed by atoms with van der Waals surface area (Å²) in [6.45, 7) is -0.211. The van der Waals surface area contributed by atoms with Gasteiger partial charge < -0.3 is 16.2 Å². The summed E-state index contributed by atoms with van der Waals surface area (Å²) in [6.07, 6.45) is -0.0678. The van der Waals surface area contributed by atoms with Crippen LogP contribution in [-0.2, 0) is 15.0 Å². The van der Waals surface area contributed by atoms with Crippen molar-refractivity contribution in [3.63, 3.8) is 0 Å². The minimum absolute atomic E-state index is 0.211. The van der Waals surface area contributed by atoms with Crippen LogP contribution < -0.4 is 11.1 Å². The second-order valence-corrected chi connectivity index (χ2v) is 4.72. The van der Waals surface area contributed by atoms with Crippen molar-refractivity contribution in [1.82, 2.24) is 5.32 Å². The number of nitrogens with one attached hydrogen (secondary N) is 1. The molecular formula is C13H15FN2O3. The summed E-state index contributed by atoms with van der Waals surface area (Å²) in [7, 11) is 0. The number of amides is 2. The van der Waals surface area contributed by atoms with E-state index in [1.165, 1.54) is 12.1 Å². The summed E-state index contributed by atoms with van der Waals surface area (Å²) < 4.78 is 12.9. The predicted molar refractivity (Wildman–Crippen MR) is 65.5 cm³/mol. The minimum atomic E-state index is -1.40. The van der Waals surface area contributed by atoms with Crippen LogP contribution in [0.4, 0.5) is 4.39 Å². The molecule has 0 spiro atoms. The Balaban J connectivity index is 2.02. The highest BCUT2D eigenvalue weighted by molar-refractivity contribution is 5.91. The lowest BCUT2D eigenvalue weighted by Crippen LogP contribution is -2.43. The van der Waals surface area contributed by atoms with Gasteiger partial charge in [-0.3, -0.25) is 9.59 Å². The van der Waals surface area contributed by atoms with Crippen LogP contribution in [0.3, 0.4) is 0 Å². The second-order valence-electron chi connectivity index (χ2n) is 4.72. The molecule has 1 atom stereocenters. The molecule has 1 aromatic carbocycles. The van der Waals surface area contributed by atoms with Crippen LogP contribution >= 0.6 is 0 Å². The number of primary amides is 1. The van der Waals surface area contributed by atoms with Crippen molar-refractivity contribution in [3.8, 4) is 0 Å². The van der Waals surface area contributed by atoms with E-state index >= 15 is 0 Å². The van der Waals surface area contributed by atoms with Gasteiger partial charge in [0.15, 0.2) is 0 Å². The lowest BCUT2D eigenvalue weighted by Gasteiger charge is -2.16. The summed E-state index contributed by atoms with van der Waals surface area (Å²) in [5.74, 6) is -1.52. The molecule has 5 nitrogen and oxygen atoms in total. The Kier molecular flexibility index (Phi) is 3.53. The lowest BCUT2D eigenvalue weighted by molar-refractivity contribution is -0.127. The van der Waals surface area contributed by atoms with Crippen molar-refractivity contribution < 1.29 is 19.1 Å². The Morgan fingerprint density at radius 1 is 1.37 bits per heavy atom. The number of benzene rings is 1. The molecule has 1 aromatic rings. The lowest BCUT2D eigenvalue weighted by atomic mass is 9.95. The molecule has 0 heterocycles. The molecular weight excluding hydrogens is 251 g/mol. The summed E-state index contributed by atoms with van der Waals surface area (Å²) in [5.41, 5.74) is 4.97. The maximum atomic E-state index is 12.9. The number of hydrogen-bond acceptors (Lipinski definition) is 3. The molecule has 0 radical (unpaired) electrons. The fraction of sp³-hybridized carbons (Fsp3) is 0.385. The zero-order chi connectivity index (χ0) is 14.0. The highest BCUT2D eigenvalue weighted by atomic mass is 19.1. The fourth-order valence-corrected chi connectivity index (χ4v) is 2.00. The van der Waals surface area contributed by atoms with Crippen molar-refractivity contribution in [3.05, 3.63) is 35.6 Å². The molecule has 1 unspecified atom stereocenters. The molecule has 2 rings (SSSR count). The van der Waals surface area contributed by atoms with Gasteiger partial charge in [0, 0.05) is 0 Å². The third kappa shape index (κ3) is 2.73. The van der Waals surface area contributed by atoms with Crippen LogP contribution in [0, 0.1) is 5.82 Å². The Labute approximate surface area is 109 Å². The minimum Gasteiger partial charge on any atom is -0.381 e. The smallest absolute Gasteiger partial charge is 0.248 e. The summed E-state index contributed by atoms with van der Waals surface area (Å²) in [5, 5.41) is 11.7. The van der Waals surface area contributed by atoms with E-state index < -0.39 is 17.4 Å². The van der Waals surface area contributed by atoms with Crippen molar-refractivity contribution in [2.75, 3.05) is 6.54 Å². The zero-order valence-electron chi connectivity index (χ0n) is 10.2. The maximum absolute atomic E-state index is 12.9. The van der Waals surface area contributed by atoms with E-state index in [4.69, 9.17) is 5.73 Å². The van der Waals surface area contributed by atoms with Gasteiger partial charge in [-0.2, -0.15) is 0 Å². The van der Waals surface area contributed by atoms with Gasteiger partial charge in [0.2, 0.25) is 11.8 Å². The van der Waals surface area contributed by atoms with Crippen LogP contribution in [0.2, 0.25) is 0 Å². The average Bonchev–Trinajstić information content (AvgIpc) is 3.17. The number of carbonyl (C=O) groups is 2. The number of nitrogens with two attached hydrogens (primary N) is 1. The molecule has 2 amide bonds. The third-order valence-corrected chi connectivity index (χ3v) is 3.37. The van der Waals surface area contributed by atoms with Crippen molar-refractivity contribution in [1.29, 1.82) is 0 Å². The Hall–Kier alpha value is -1.95. The van der Waals surface area contributed by atoms with Crippen LogP contribution in [0.15, 0.2) is 24.3 Å². The van der Waals surface area contributed by atoms with E-state index in [0.717, 1.165) is 5.56 Å². The molecule has 102 valence electrons. The number of aliphatic hydroxyl groups is 1. The highest BCUT2D eigenvalue weighted by Gasteiger charge is 2.51. The van der Waals surface area contributed by atoms with Gasteiger partial charge in [-0.15, -0.1) is 0 Å². The Morgan fingerprint density at radius 2 is 1.95 bits per heavy atom. The van der Waals surface area contributed by atoms with E-state index in [9.17, 15) is 19.1 Å². The SMILES string of the molecule is NC(=O)C(O)CNC(=O)C1(c2ccc(F)cc2)CC1. The molecule has 0 aromatic heterocycles. The van der Waals surface area contributed by atoms with E-state index in [1.54, 1.807) is 12.1 Å². The first-order chi connectivity index (χ1) is 8.95. The van der Waals surface area contributed by atoms with Crippen LogP contribution in [0.1, 0.15) is 18.4 Å². The van der Waals surface area contributed by atoms with Gasteiger partial charge in [-0.1, -0.05) is 12.1 Å². The van der Waals surface area contributed by atoms with Crippen LogP contribution in [0.5, 0.6) is 0 Å². The van der Waals surface area contributed by atoms with Crippen molar-refractivity contribution in [2.24, 2.45) is 5.73 Å². The zero-order valence-corrected chi connectivity index (χ0v) is 10.2. The van der Waals surface area contributed by atoms with Gasteiger partial charge in [0.05, 0.1) is 12.0 Å². The van der Waals surface area contributed by atoms with Crippen molar-refractivity contribution >= 4 is 11.8 Å². The third-order valence-electron chi connectivity index (χ3n) is 3.37. The van der Waals surface area contributed by atoms with Gasteiger partial charge in [0.1, 0.15) is 11.9 Å². The van der Waals surface area contributed by atoms with Crippen LogP contribution in [-0.4, -0.2) is 29.6 Å². The quantitative estimate of drug-likeness (QED) is 0.690. The first kappa shape index (κ1) is 13.5. The molecule has 0 aliphatic heterocycles. The van der Waals surface area contributed by atoms with E-state index in [2.05, 4.69) is 5.32 Å². The Bertz CT molecular complexity index is 497. The highest BCUT2D eigenvalue weighted by Crippen LogP contribution is 2.48. The molecule has 0 bridgehead atoms. The van der Waals surface area contributed by atoms with Gasteiger partial charge in [-0.05, 0) is 30.5 Å². The average molecular weight is 266 g/mol. The molecule has 6 heteroatoms. The first-order valence-corrected chi connectivity index (χ1v) is 5.97. The molecule has 1 aliphatic rings. The van der Waals surface area contributed by atoms with E-state index in [-0.39, 0.29) is 18.3 Å². The van der Waals surface area contributed by atoms with E-state index in [1.807, 2.05) is 0 Å². The van der Waals surface area contributed by atoms with Gasteiger partial charge in [0.25, 0.3) is 0 Å². The predicted octanol–water partition coefficient (Wildman–Crippen LogP) is -0.180. The van der Waals surface area contributed by atoms with Crippen molar-refractivity contribution in [2.45, 2.75) is 24.4 Å². The molecule has 19 heavy (non-hydrogen) atoms. The van der Waals surface area contributed by atoms with Gasteiger partial charge in [-0.25, -0.2) is 4.39 Å². The number of aliphatic hydroxyl groups excluding tert-OH is 1. The second kappa shape index (κ2) is 4.97. The number of hydrogen-bond donors (Lipinski definition) is 3. The number of rotatable bonds is 5. The van der Waals surface area contributed by atoms with E-state index in [0.29, 0.717) is 12.8 Å². The summed E-state index contributed by atoms with van der Waals surface area (Å²) in [4.78, 5) is 22.7. The largest absolute Gasteiger partial charge is 0.381 e. The fourth-order valence-electron chi connectivity index (χ4n) is 2.00. The topological polar surface area (TPSA) is 92.4 Å². The normalized spacial score (nSPS) is 17.6. The molecule has 1 aliphatic carbocycles. The van der Waals surface area contributed by atoms with Gasteiger partial charge >= 0.3 is 0 Å². The number of halogens is 1. The monoisotopic (exact) mass is 266 g/mol. The molecule has 1 fully saturated rings. The number of carbonyl (C=O) groups excluding carboxylic acids is 2. The first-order valence-electron chi connectivity index (χ1n) is 5.97.